The number of alkyl halides is 3. The number of carboxylic acid groups (broad SMARTS) is 2. The number of nitrogens with one attached hydrogen (secondary N) is 3. The molecule has 1 heterocycles. The molecule has 3 rings (SSSR count). The maximum Gasteiger partial charge on any atom is 0.490 e. The lowest BCUT2D eigenvalue weighted by molar-refractivity contribution is -0.192. The minimum atomic E-state index is -5.08. The Kier molecular flexibility index (Phi) is 14.5. The van der Waals surface area contributed by atoms with E-state index in [1.54, 1.807) is 18.3 Å². The molecule has 242 valence electrons. The van der Waals surface area contributed by atoms with Gasteiger partial charge in [-0.15, -0.1) is 0 Å². The largest absolute Gasteiger partial charge is 0.490 e. The van der Waals surface area contributed by atoms with Crippen LogP contribution in [0.1, 0.15) is 44.2 Å². The van der Waals surface area contributed by atoms with Crippen molar-refractivity contribution in [2.45, 2.75) is 57.0 Å². The van der Waals surface area contributed by atoms with Crippen molar-refractivity contribution in [3.8, 4) is 11.1 Å². The lowest BCUT2D eigenvalue weighted by Crippen LogP contribution is -2.53. The van der Waals surface area contributed by atoms with E-state index < -0.39 is 42.2 Å². The van der Waals surface area contributed by atoms with Crippen LogP contribution in [0.25, 0.3) is 11.1 Å². The monoisotopic (exact) mass is 632 g/mol. The zero-order valence-corrected chi connectivity index (χ0v) is 24.3. The van der Waals surface area contributed by atoms with Crippen molar-refractivity contribution in [2.24, 2.45) is 0 Å². The molecule has 3 atom stereocenters. The number of aliphatic hydroxyl groups is 1. The van der Waals surface area contributed by atoms with Crippen molar-refractivity contribution in [1.29, 1.82) is 0 Å². The second kappa shape index (κ2) is 18.0. The van der Waals surface area contributed by atoms with Crippen molar-refractivity contribution in [2.75, 3.05) is 11.9 Å². The first-order valence-corrected chi connectivity index (χ1v) is 13.9. The van der Waals surface area contributed by atoms with Crippen LogP contribution in [0.2, 0.25) is 0 Å². The molecule has 1 aromatic heterocycles. The van der Waals surface area contributed by atoms with Crippen molar-refractivity contribution >= 4 is 29.6 Å². The number of benzene rings is 2. The van der Waals surface area contributed by atoms with Crippen molar-refractivity contribution in [1.82, 2.24) is 15.6 Å². The number of carboxylic acids is 2. The van der Waals surface area contributed by atoms with Crippen molar-refractivity contribution < 1.29 is 47.7 Å². The number of rotatable bonds is 14. The molecule has 2 unspecified atom stereocenters. The van der Waals surface area contributed by atoms with E-state index in [-0.39, 0.29) is 18.7 Å². The lowest BCUT2D eigenvalue weighted by atomic mass is 9.98. The molecule has 0 saturated heterocycles. The predicted octanol–water partition coefficient (Wildman–Crippen LogP) is 4.16. The summed E-state index contributed by atoms with van der Waals surface area (Å²) in [7, 11) is 0. The van der Waals surface area contributed by atoms with Crippen LogP contribution < -0.4 is 16.0 Å². The summed E-state index contributed by atoms with van der Waals surface area (Å²) < 4.78 is 31.7. The number of carbonyl (C=O) groups is 4. The predicted molar refractivity (Wildman–Crippen MR) is 159 cm³/mol. The number of aromatic nitrogens is 1. The lowest BCUT2D eigenvalue weighted by Gasteiger charge is -2.25. The van der Waals surface area contributed by atoms with Crippen LogP contribution in [-0.4, -0.2) is 68.9 Å². The molecule has 0 radical (unpaired) electrons. The highest BCUT2D eigenvalue weighted by Crippen LogP contribution is 2.24. The maximum atomic E-state index is 13.0. The number of aliphatic hydroxyl groups excluding tert-OH is 1. The topological polar surface area (TPSA) is 178 Å². The van der Waals surface area contributed by atoms with Gasteiger partial charge < -0.3 is 31.3 Å². The Morgan fingerprint density at radius 1 is 0.844 bits per heavy atom. The fourth-order valence-corrected chi connectivity index (χ4v) is 3.97. The molecule has 2 aromatic carbocycles. The number of hydrogen-bond acceptors (Lipinski definition) is 7. The minimum absolute atomic E-state index is 0.180. The van der Waals surface area contributed by atoms with E-state index in [1.165, 1.54) is 6.92 Å². The average molecular weight is 633 g/mol. The normalized spacial score (nSPS) is 12.8. The van der Waals surface area contributed by atoms with Gasteiger partial charge in [-0.05, 0) is 48.6 Å². The summed E-state index contributed by atoms with van der Waals surface area (Å²) in [5, 5.41) is 35.2. The highest BCUT2D eigenvalue weighted by molar-refractivity contribution is 5.88. The van der Waals surface area contributed by atoms with E-state index in [2.05, 4.69) is 20.9 Å². The van der Waals surface area contributed by atoms with Gasteiger partial charge >= 0.3 is 18.1 Å². The smallest absolute Gasteiger partial charge is 0.481 e. The molecule has 0 aliphatic heterocycles. The van der Waals surface area contributed by atoms with Crippen molar-refractivity contribution in [3.05, 3.63) is 84.6 Å². The number of halogens is 3. The fraction of sp³-hybridized carbons (Fsp3) is 0.323. The summed E-state index contributed by atoms with van der Waals surface area (Å²) in [4.78, 5) is 50.1. The minimum Gasteiger partial charge on any atom is -0.481 e. The zero-order valence-electron chi connectivity index (χ0n) is 24.3. The maximum absolute atomic E-state index is 13.0. The van der Waals surface area contributed by atoms with Crippen molar-refractivity contribution in [3.63, 3.8) is 0 Å². The van der Waals surface area contributed by atoms with Gasteiger partial charge in [-0.25, -0.2) is 9.78 Å². The van der Waals surface area contributed by atoms with E-state index >= 15 is 0 Å². The van der Waals surface area contributed by atoms with E-state index in [0.717, 1.165) is 23.4 Å². The number of aliphatic carboxylic acids is 2. The van der Waals surface area contributed by atoms with Crippen LogP contribution >= 0.6 is 0 Å². The molecule has 0 saturated carbocycles. The molecule has 0 aliphatic rings. The molecule has 45 heavy (non-hydrogen) atoms. The van der Waals surface area contributed by atoms with Gasteiger partial charge in [-0.1, -0.05) is 60.7 Å². The second-order valence-corrected chi connectivity index (χ2v) is 9.83. The number of amides is 2. The number of nitrogens with zero attached hydrogens (tertiary/aromatic N) is 1. The van der Waals surface area contributed by atoms with E-state index in [4.69, 9.17) is 9.90 Å². The van der Waals surface area contributed by atoms with Crippen LogP contribution in [0.5, 0.6) is 0 Å². The standard InChI is InChI=1S/C29H34N4O5.C2HF3O2/c1-20(34)28(33-26(35)12-6-8-18-31-25-11-5-7-17-30-25)29(38)32-24(19-27(36)37)23-15-13-22(14-16-23)21-9-3-2-4-10-21;3-2(4,5)1(6)7/h2-5,7,9-11,13-17,20,24,28,34H,6,8,12,18-19H2,1H3,(H,30,31)(H,32,38)(H,33,35)(H,36,37);(H,6,7)/t20?,24?,28-;/m0./s1. The first-order valence-electron chi connectivity index (χ1n) is 13.9. The van der Waals surface area contributed by atoms with Gasteiger partial charge in [0.2, 0.25) is 11.8 Å². The van der Waals surface area contributed by atoms with E-state index in [0.29, 0.717) is 18.5 Å². The SMILES string of the molecule is CC(O)[C@H](NC(=O)CCCCNc1ccccn1)C(=O)NC(CC(=O)O)c1ccc(-c2ccccc2)cc1.O=C(O)C(F)(F)F. The van der Waals surface area contributed by atoms with Crippen LogP contribution in [0, 0.1) is 0 Å². The van der Waals surface area contributed by atoms with Gasteiger partial charge in [-0.2, -0.15) is 13.2 Å². The van der Waals surface area contributed by atoms with E-state index in [1.807, 2.05) is 60.7 Å². The van der Waals surface area contributed by atoms with Crippen LogP contribution in [-0.2, 0) is 19.2 Å². The van der Waals surface area contributed by atoms with Crippen LogP contribution in [0.4, 0.5) is 19.0 Å². The molecule has 6 N–H and O–H groups in total. The molecule has 0 aliphatic carbocycles. The summed E-state index contributed by atoms with van der Waals surface area (Å²) >= 11 is 0. The molecule has 3 aromatic rings. The highest BCUT2D eigenvalue weighted by atomic mass is 19.4. The molecule has 11 nitrogen and oxygen atoms in total. The van der Waals surface area contributed by atoms with Gasteiger partial charge in [0.05, 0.1) is 18.6 Å². The Morgan fingerprint density at radius 2 is 1.44 bits per heavy atom. The molecule has 0 fully saturated rings. The van der Waals surface area contributed by atoms with Gasteiger partial charge in [0.15, 0.2) is 0 Å². The molecule has 0 spiro atoms. The number of unbranched alkanes of at least 4 members (excludes halogenated alkanes) is 1. The molecule has 0 bridgehead atoms. The second-order valence-electron chi connectivity index (χ2n) is 9.83. The third-order valence-corrected chi connectivity index (χ3v) is 6.24. The molecule has 14 heteroatoms. The Labute approximate surface area is 257 Å². The quantitative estimate of drug-likeness (QED) is 0.142. The fourth-order valence-electron chi connectivity index (χ4n) is 3.97. The number of pyridine rings is 1. The molecular weight excluding hydrogens is 597 g/mol. The number of hydrogen-bond donors (Lipinski definition) is 6. The van der Waals surface area contributed by atoms with Crippen LogP contribution in [0.3, 0.4) is 0 Å². The van der Waals surface area contributed by atoms with E-state index in [9.17, 15) is 37.8 Å². The summed E-state index contributed by atoms with van der Waals surface area (Å²) in [5.74, 6) is -4.10. The summed E-state index contributed by atoms with van der Waals surface area (Å²) in [6.07, 6.45) is -3.43. The van der Waals surface area contributed by atoms with Crippen LogP contribution in [0.15, 0.2) is 79.0 Å². The average Bonchev–Trinajstić information content (AvgIpc) is 3.00. The summed E-state index contributed by atoms with van der Waals surface area (Å²) in [6, 6.07) is 20.5. The number of carbonyl (C=O) groups excluding carboxylic acids is 2. The number of anilines is 1. The Morgan fingerprint density at radius 3 is 1.98 bits per heavy atom. The third-order valence-electron chi connectivity index (χ3n) is 6.24. The first-order chi connectivity index (χ1) is 21.3. The summed E-state index contributed by atoms with van der Waals surface area (Å²) in [5.41, 5.74) is 2.58. The highest BCUT2D eigenvalue weighted by Gasteiger charge is 2.38. The molecule has 2 amide bonds. The van der Waals surface area contributed by atoms with Gasteiger partial charge in [0, 0.05) is 19.2 Å². The van der Waals surface area contributed by atoms with Gasteiger partial charge in [0.1, 0.15) is 11.9 Å². The first kappa shape index (κ1) is 36.2. The Hall–Kier alpha value is -4.98. The zero-order chi connectivity index (χ0) is 33.4. The van der Waals surface area contributed by atoms with Gasteiger partial charge in [0.25, 0.3) is 0 Å². The summed E-state index contributed by atoms with van der Waals surface area (Å²) in [6.45, 7) is 2.05. The Balaban J connectivity index is 0.000000900. The van der Waals surface area contributed by atoms with Gasteiger partial charge in [-0.3, -0.25) is 14.4 Å². The molecular formula is C31H35F3N4O7. The third kappa shape index (κ3) is 13.5. The Bertz CT molecular complexity index is 1370.